The fourth-order valence-corrected chi connectivity index (χ4v) is 2.37. The number of nitrogens with zero attached hydrogens (tertiary/aromatic N) is 3. The Labute approximate surface area is 115 Å². The Morgan fingerprint density at radius 2 is 2.05 bits per heavy atom. The molecule has 2 rings (SSSR count). The van der Waals surface area contributed by atoms with Crippen molar-refractivity contribution in [3.63, 3.8) is 0 Å². The van der Waals surface area contributed by atoms with E-state index in [9.17, 15) is 0 Å². The Hall–Kier alpha value is -1.36. The number of hydrogen-bond acceptors (Lipinski definition) is 5. The topological polar surface area (TPSA) is 53.1 Å². The van der Waals surface area contributed by atoms with Crippen LogP contribution in [0.15, 0.2) is 12.3 Å². The molecule has 1 aromatic heterocycles. The molecule has 1 aliphatic carbocycles. The fraction of sp³-hybridized carbons (Fsp3) is 0.714. The van der Waals surface area contributed by atoms with Gasteiger partial charge in [0.05, 0.1) is 0 Å². The quantitative estimate of drug-likeness (QED) is 0.824. The van der Waals surface area contributed by atoms with E-state index in [1.165, 1.54) is 32.1 Å². The molecule has 0 aromatic carbocycles. The van der Waals surface area contributed by atoms with E-state index in [1.807, 2.05) is 12.3 Å². The third kappa shape index (κ3) is 5.03. The van der Waals surface area contributed by atoms with Gasteiger partial charge in [-0.15, -0.1) is 0 Å². The van der Waals surface area contributed by atoms with E-state index < -0.39 is 0 Å². The summed E-state index contributed by atoms with van der Waals surface area (Å²) in [5.74, 6) is 1.65. The van der Waals surface area contributed by atoms with Crippen molar-refractivity contribution in [3.05, 3.63) is 12.3 Å². The van der Waals surface area contributed by atoms with Gasteiger partial charge in [-0.25, -0.2) is 4.98 Å². The molecule has 1 aromatic rings. The van der Waals surface area contributed by atoms with Crippen LogP contribution in [0.5, 0.6) is 0 Å². The summed E-state index contributed by atoms with van der Waals surface area (Å²) in [5, 5.41) is 6.77. The van der Waals surface area contributed by atoms with Crippen LogP contribution in [-0.4, -0.2) is 48.1 Å². The van der Waals surface area contributed by atoms with Crippen LogP contribution in [0, 0.1) is 0 Å². The molecule has 2 N–H and O–H groups in total. The normalized spacial score (nSPS) is 16.6. The van der Waals surface area contributed by atoms with Crippen molar-refractivity contribution in [2.24, 2.45) is 0 Å². The van der Waals surface area contributed by atoms with Gasteiger partial charge in [-0.05, 0) is 33.0 Å². The summed E-state index contributed by atoms with van der Waals surface area (Å²) >= 11 is 0. The van der Waals surface area contributed by atoms with Crippen molar-refractivity contribution in [2.45, 2.75) is 38.1 Å². The molecule has 0 saturated heterocycles. The Bertz CT molecular complexity index is 374. The lowest BCUT2D eigenvalue weighted by atomic mass is 9.95. The molecule has 0 bridgehead atoms. The molecule has 0 radical (unpaired) electrons. The molecule has 0 unspecified atom stereocenters. The zero-order valence-corrected chi connectivity index (χ0v) is 12.0. The number of aromatic nitrogens is 2. The summed E-state index contributed by atoms with van der Waals surface area (Å²) in [6, 6.07) is 2.53. The van der Waals surface area contributed by atoms with E-state index in [0.717, 1.165) is 18.9 Å². The first-order valence-electron chi connectivity index (χ1n) is 7.22. The van der Waals surface area contributed by atoms with Crippen molar-refractivity contribution in [1.29, 1.82) is 0 Å². The van der Waals surface area contributed by atoms with Crippen LogP contribution in [0.4, 0.5) is 11.8 Å². The van der Waals surface area contributed by atoms with Crippen LogP contribution in [0.2, 0.25) is 0 Å². The molecule has 0 spiro atoms. The number of hydrogen-bond donors (Lipinski definition) is 2. The molecular weight excluding hydrogens is 238 g/mol. The van der Waals surface area contributed by atoms with E-state index in [2.05, 4.69) is 39.6 Å². The predicted molar refractivity (Wildman–Crippen MR) is 79.6 cm³/mol. The van der Waals surface area contributed by atoms with E-state index >= 15 is 0 Å². The standard InChI is InChI=1S/C14H25N5/c1-19(2)11-10-16-14-15-9-8-13(18-14)17-12-6-4-3-5-7-12/h8-9,12H,3-7,10-11H2,1-2H3,(H2,15,16,17,18). The van der Waals surface area contributed by atoms with Crippen LogP contribution in [0.3, 0.4) is 0 Å². The van der Waals surface area contributed by atoms with Crippen LogP contribution < -0.4 is 10.6 Å². The molecule has 1 saturated carbocycles. The summed E-state index contributed by atoms with van der Waals surface area (Å²) in [5.41, 5.74) is 0. The van der Waals surface area contributed by atoms with Crippen molar-refractivity contribution >= 4 is 11.8 Å². The monoisotopic (exact) mass is 263 g/mol. The second kappa shape index (κ2) is 7.28. The van der Waals surface area contributed by atoms with Crippen LogP contribution in [-0.2, 0) is 0 Å². The zero-order chi connectivity index (χ0) is 13.5. The second-order valence-electron chi connectivity index (χ2n) is 5.47. The molecule has 1 aliphatic rings. The first kappa shape index (κ1) is 14.1. The molecule has 106 valence electrons. The van der Waals surface area contributed by atoms with Crippen molar-refractivity contribution in [1.82, 2.24) is 14.9 Å². The van der Waals surface area contributed by atoms with Gasteiger partial charge in [-0.3, -0.25) is 0 Å². The minimum Gasteiger partial charge on any atom is -0.367 e. The first-order chi connectivity index (χ1) is 9.24. The van der Waals surface area contributed by atoms with Crippen molar-refractivity contribution < 1.29 is 0 Å². The summed E-state index contributed by atoms with van der Waals surface area (Å²) in [4.78, 5) is 10.9. The SMILES string of the molecule is CN(C)CCNc1nccc(NC2CCCCC2)n1. The van der Waals surface area contributed by atoms with Gasteiger partial charge >= 0.3 is 0 Å². The van der Waals surface area contributed by atoms with Gasteiger partial charge in [0.2, 0.25) is 5.95 Å². The smallest absolute Gasteiger partial charge is 0.224 e. The van der Waals surface area contributed by atoms with E-state index in [-0.39, 0.29) is 0 Å². The highest BCUT2D eigenvalue weighted by Crippen LogP contribution is 2.20. The predicted octanol–water partition coefficient (Wildman–Crippen LogP) is 2.19. The number of anilines is 2. The maximum Gasteiger partial charge on any atom is 0.224 e. The summed E-state index contributed by atoms with van der Waals surface area (Å²) in [7, 11) is 4.12. The van der Waals surface area contributed by atoms with Gasteiger partial charge < -0.3 is 15.5 Å². The molecule has 5 heteroatoms. The van der Waals surface area contributed by atoms with Crippen LogP contribution in [0.1, 0.15) is 32.1 Å². The minimum absolute atomic E-state index is 0.582. The van der Waals surface area contributed by atoms with Gasteiger partial charge in [0.15, 0.2) is 0 Å². The third-order valence-corrected chi connectivity index (χ3v) is 3.45. The molecule has 0 aliphatic heterocycles. The first-order valence-corrected chi connectivity index (χ1v) is 7.22. The molecule has 19 heavy (non-hydrogen) atoms. The van der Waals surface area contributed by atoms with Crippen LogP contribution in [0.25, 0.3) is 0 Å². The average molecular weight is 263 g/mol. The lowest BCUT2D eigenvalue weighted by Crippen LogP contribution is -2.24. The summed E-state index contributed by atoms with van der Waals surface area (Å²) in [6.07, 6.45) is 8.36. The van der Waals surface area contributed by atoms with Crippen molar-refractivity contribution in [2.75, 3.05) is 37.8 Å². The highest BCUT2D eigenvalue weighted by Gasteiger charge is 2.13. The van der Waals surface area contributed by atoms with Gasteiger partial charge in [0, 0.05) is 25.3 Å². The molecule has 1 heterocycles. The fourth-order valence-electron chi connectivity index (χ4n) is 2.37. The number of nitrogens with one attached hydrogen (secondary N) is 2. The van der Waals surface area contributed by atoms with E-state index in [0.29, 0.717) is 12.0 Å². The minimum atomic E-state index is 0.582. The summed E-state index contributed by atoms with van der Waals surface area (Å²) < 4.78 is 0. The number of rotatable bonds is 6. The van der Waals surface area contributed by atoms with Crippen molar-refractivity contribution in [3.8, 4) is 0 Å². The zero-order valence-electron chi connectivity index (χ0n) is 12.0. The second-order valence-corrected chi connectivity index (χ2v) is 5.47. The van der Waals surface area contributed by atoms with Gasteiger partial charge in [0.1, 0.15) is 5.82 Å². The van der Waals surface area contributed by atoms with E-state index in [1.54, 1.807) is 0 Å². The average Bonchev–Trinajstić information content (AvgIpc) is 2.40. The number of likely N-dealkylation sites (N-methyl/N-ethyl adjacent to an activating group) is 1. The molecule has 0 atom stereocenters. The Morgan fingerprint density at radius 1 is 1.26 bits per heavy atom. The molecule has 0 amide bonds. The molecular formula is C14H25N5. The largest absolute Gasteiger partial charge is 0.367 e. The summed E-state index contributed by atoms with van der Waals surface area (Å²) in [6.45, 7) is 1.84. The Balaban J connectivity index is 1.83. The Kier molecular flexibility index (Phi) is 5.39. The molecule has 1 fully saturated rings. The molecule has 5 nitrogen and oxygen atoms in total. The lowest BCUT2D eigenvalue weighted by molar-refractivity contribution is 0.425. The highest BCUT2D eigenvalue weighted by molar-refractivity contribution is 5.40. The Morgan fingerprint density at radius 3 is 2.79 bits per heavy atom. The van der Waals surface area contributed by atoms with Gasteiger partial charge in [-0.2, -0.15) is 4.98 Å². The van der Waals surface area contributed by atoms with E-state index in [4.69, 9.17) is 0 Å². The van der Waals surface area contributed by atoms with Gasteiger partial charge in [-0.1, -0.05) is 19.3 Å². The maximum absolute atomic E-state index is 4.51. The third-order valence-electron chi connectivity index (χ3n) is 3.45. The van der Waals surface area contributed by atoms with Crippen LogP contribution >= 0.6 is 0 Å². The lowest BCUT2D eigenvalue weighted by Gasteiger charge is -2.23. The maximum atomic E-state index is 4.51. The van der Waals surface area contributed by atoms with Gasteiger partial charge in [0.25, 0.3) is 0 Å². The highest BCUT2D eigenvalue weighted by atomic mass is 15.2.